The topological polar surface area (TPSA) is 98.9 Å². The molecule has 8 nitrogen and oxygen atoms in total. The van der Waals surface area contributed by atoms with Crippen molar-refractivity contribution in [2.45, 2.75) is 39.7 Å². The van der Waals surface area contributed by atoms with Crippen LogP contribution in [0.15, 0.2) is 57.7 Å². The minimum absolute atomic E-state index is 0.0310. The fraction of sp³-hybridized carbons (Fsp3) is 0.286. The van der Waals surface area contributed by atoms with Gasteiger partial charge in [-0.05, 0) is 50.1 Å². The summed E-state index contributed by atoms with van der Waals surface area (Å²) in [6.45, 7) is 6.28. The Morgan fingerprint density at radius 3 is 2.73 bits per heavy atom. The largest absolute Gasteiger partial charge is 0.494 e. The fourth-order valence-corrected chi connectivity index (χ4v) is 5.40. The summed E-state index contributed by atoms with van der Waals surface area (Å²) in [6.07, 6.45) is 1.91. The third-order valence-corrected chi connectivity index (χ3v) is 7.31. The van der Waals surface area contributed by atoms with E-state index in [0.717, 1.165) is 24.2 Å². The van der Waals surface area contributed by atoms with Crippen molar-refractivity contribution in [1.29, 1.82) is 0 Å². The van der Waals surface area contributed by atoms with Gasteiger partial charge in [-0.2, -0.15) is 0 Å². The molecule has 0 aliphatic carbocycles. The normalized spacial score (nSPS) is 14.7. The molecule has 1 amide bonds. The Morgan fingerprint density at radius 2 is 1.95 bits per heavy atom. The number of aryl methyl sites for hydroxylation is 1. The molecule has 1 unspecified atom stereocenters. The summed E-state index contributed by atoms with van der Waals surface area (Å²) in [6, 6.07) is 13.4. The molecule has 1 aliphatic rings. The van der Waals surface area contributed by atoms with E-state index in [9.17, 15) is 14.4 Å². The lowest BCUT2D eigenvalue weighted by atomic mass is 9.98. The van der Waals surface area contributed by atoms with Crippen LogP contribution >= 0.6 is 11.3 Å². The van der Waals surface area contributed by atoms with Gasteiger partial charge in [0.15, 0.2) is 10.6 Å². The van der Waals surface area contributed by atoms with Gasteiger partial charge in [-0.3, -0.25) is 14.5 Å². The van der Waals surface area contributed by atoms with Crippen molar-refractivity contribution >= 4 is 39.3 Å². The monoisotopic (exact) mass is 518 g/mol. The zero-order chi connectivity index (χ0) is 26.1. The van der Waals surface area contributed by atoms with Gasteiger partial charge in [-0.15, -0.1) is 0 Å². The number of carbonyl (C=O) groups is 2. The number of ether oxygens (including phenoxy) is 2. The molecule has 0 fully saturated rings. The maximum Gasteiger partial charge on any atom is 0.350 e. The van der Waals surface area contributed by atoms with Gasteiger partial charge in [-0.25, -0.2) is 9.78 Å². The second-order valence-corrected chi connectivity index (χ2v) is 9.63. The number of amides is 1. The van der Waals surface area contributed by atoms with E-state index < -0.39 is 17.9 Å². The molecule has 0 bridgehead atoms. The number of hydrogen-bond acceptors (Lipinski definition) is 8. The van der Waals surface area contributed by atoms with E-state index in [2.05, 4.69) is 11.9 Å². The highest BCUT2D eigenvalue weighted by Crippen LogP contribution is 2.43. The molecule has 190 valence electrons. The standard InChI is InChI=1S/C28H26N2O6S/c1-4-6-14-35-18-11-9-10-17(15-18)22-21-23(31)19-12-7-8-13-20(19)36-24(21)26(32)30(22)28-29-16(3)25(37-28)27(33)34-5-2/h7-13,15,22H,4-6,14H2,1-3H3. The van der Waals surface area contributed by atoms with Crippen LogP contribution in [0, 0.1) is 6.92 Å². The van der Waals surface area contributed by atoms with Crippen LogP contribution in [0.3, 0.4) is 0 Å². The summed E-state index contributed by atoms with van der Waals surface area (Å²) in [5.74, 6) is -0.393. The average Bonchev–Trinajstić information content (AvgIpc) is 3.42. The first kappa shape index (κ1) is 24.7. The number of rotatable bonds is 8. The van der Waals surface area contributed by atoms with E-state index in [-0.39, 0.29) is 28.5 Å². The highest BCUT2D eigenvalue weighted by molar-refractivity contribution is 7.17. The number of aromatic nitrogens is 1. The van der Waals surface area contributed by atoms with Gasteiger partial charge in [0.2, 0.25) is 5.76 Å². The van der Waals surface area contributed by atoms with Crippen molar-refractivity contribution in [3.63, 3.8) is 0 Å². The molecule has 1 atom stereocenters. The van der Waals surface area contributed by atoms with E-state index in [1.165, 1.54) is 4.90 Å². The predicted molar refractivity (Wildman–Crippen MR) is 141 cm³/mol. The third kappa shape index (κ3) is 4.40. The van der Waals surface area contributed by atoms with E-state index in [1.54, 1.807) is 38.1 Å². The van der Waals surface area contributed by atoms with Gasteiger partial charge in [-0.1, -0.05) is 48.9 Å². The lowest BCUT2D eigenvalue weighted by molar-refractivity contribution is 0.0531. The molecule has 0 saturated carbocycles. The predicted octanol–water partition coefficient (Wildman–Crippen LogP) is 5.66. The number of unbranched alkanes of at least 4 members (excludes halogenated alkanes) is 1. The first-order chi connectivity index (χ1) is 17.9. The number of para-hydroxylation sites is 1. The van der Waals surface area contributed by atoms with Gasteiger partial charge in [0.05, 0.1) is 35.9 Å². The summed E-state index contributed by atoms with van der Waals surface area (Å²) in [4.78, 5) is 46.3. The van der Waals surface area contributed by atoms with Gasteiger partial charge in [0, 0.05) is 0 Å². The summed E-state index contributed by atoms with van der Waals surface area (Å²) >= 11 is 1.05. The van der Waals surface area contributed by atoms with Crippen LogP contribution in [-0.2, 0) is 4.74 Å². The fourth-order valence-electron chi connectivity index (χ4n) is 4.41. The number of esters is 1. The van der Waals surface area contributed by atoms with Crippen LogP contribution in [0.2, 0.25) is 0 Å². The minimum Gasteiger partial charge on any atom is -0.494 e. The van der Waals surface area contributed by atoms with Gasteiger partial charge in [0.1, 0.15) is 16.2 Å². The van der Waals surface area contributed by atoms with Gasteiger partial charge in [0.25, 0.3) is 5.91 Å². The number of anilines is 1. The van der Waals surface area contributed by atoms with E-state index in [1.807, 2.05) is 24.3 Å². The summed E-state index contributed by atoms with van der Waals surface area (Å²) in [7, 11) is 0. The second-order valence-electron chi connectivity index (χ2n) is 8.65. The number of carbonyl (C=O) groups excluding carboxylic acids is 2. The van der Waals surface area contributed by atoms with Crippen molar-refractivity contribution in [2.24, 2.45) is 0 Å². The molecule has 0 radical (unpaired) electrons. The molecule has 0 N–H and O–H groups in total. The summed E-state index contributed by atoms with van der Waals surface area (Å²) in [5, 5.41) is 0.668. The lowest BCUT2D eigenvalue weighted by Crippen LogP contribution is -2.29. The zero-order valence-electron chi connectivity index (χ0n) is 20.8. The molecule has 1 aliphatic heterocycles. The first-order valence-corrected chi connectivity index (χ1v) is 13.0. The Hall–Kier alpha value is -3.98. The Balaban J connectivity index is 1.68. The smallest absolute Gasteiger partial charge is 0.350 e. The molecular formula is C28H26N2O6S. The molecule has 2 aromatic carbocycles. The SMILES string of the molecule is CCCCOc1cccc(C2c3c(oc4ccccc4c3=O)C(=O)N2c2nc(C)c(C(=O)OCC)s2)c1. The highest BCUT2D eigenvalue weighted by atomic mass is 32.1. The van der Waals surface area contributed by atoms with Crippen molar-refractivity contribution in [1.82, 2.24) is 4.98 Å². The maximum absolute atomic E-state index is 13.8. The Bertz CT molecular complexity index is 1560. The molecule has 9 heteroatoms. The van der Waals surface area contributed by atoms with Crippen LogP contribution in [-0.4, -0.2) is 30.1 Å². The Labute approximate surface area is 217 Å². The molecule has 0 spiro atoms. The number of hydrogen-bond donors (Lipinski definition) is 0. The van der Waals surface area contributed by atoms with E-state index >= 15 is 0 Å². The van der Waals surface area contributed by atoms with Crippen LogP contribution in [0.25, 0.3) is 11.0 Å². The number of thiazole rings is 1. The first-order valence-electron chi connectivity index (χ1n) is 12.2. The molecular weight excluding hydrogens is 492 g/mol. The third-order valence-electron chi connectivity index (χ3n) is 6.17. The van der Waals surface area contributed by atoms with Crippen LogP contribution in [0.1, 0.15) is 69.8 Å². The summed E-state index contributed by atoms with van der Waals surface area (Å²) < 4.78 is 17.1. The van der Waals surface area contributed by atoms with Crippen molar-refractivity contribution in [3.05, 3.63) is 86.2 Å². The summed E-state index contributed by atoms with van der Waals surface area (Å²) in [5.41, 5.74) is 1.41. The van der Waals surface area contributed by atoms with Crippen molar-refractivity contribution in [3.8, 4) is 5.75 Å². The maximum atomic E-state index is 13.8. The zero-order valence-corrected chi connectivity index (χ0v) is 21.6. The Morgan fingerprint density at radius 1 is 1.14 bits per heavy atom. The van der Waals surface area contributed by atoms with Crippen LogP contribution in [0.4, 0.5) is 5.13 Å². The van der Waals surface area contributed by atoms with Crippen LogP contribution in [0.5, 0.6) is 5.75 Å². The number of benzene rings is 2. The number of nitrogens with zero attached hydrogens (tertiary/aromatic N) is 2. The molecule has 3 heterocycles. The molecule has 37 heavy (non-hydrogen) atoms. The van der Waals surface area contributed by atoms with E-state index in [0.29, 0.717) is 39.5 Å². The Kier molecular flexibility index (Phi) is 6.80. The lowest BCUT2D eigenvalue weighted by Gasteiger charge is -2.23. The van der Waals surface area contributed by atoms with Crippen LogP contribution < -0.4 is 15.1 Å². The minimum atomic E-state index is -0.807. The van der Waals surface area contributed by atoms with Gasteiger partial charge < -0.3 is 13.9 Å². The average molecular weight is 519 g/mol. The van der Waals surface area contributed by atoms with Crippen molar-refractivity contribution < 1.29 is 23.5 Å². The second kappa shape index (κ2) is 10.2. The van der Waals surface area contributed by atoms with Crippen molar-refractivity contribution in [2.75, 3.05) is 18.1 Å². The molecule has 4 aromatic rings. The highest BCUT2D eigenvalue weighted by Gasteiger charge is 2.45. The molecule has 0 saturated heterocycles. The quantitative estimate of drug-likeness (QED) is 0.219. The molecule has 5 rings (SSSR count). The molecule has 2 aromatic heterocycles. The van der Waals surface area contributed by atoms with E-state index in [4.69, 9.17) is 13.9 Å². The van der Waals surface area contributed by atoms with Gasteiger partial charge >= 0.3 is 5.97 Å². The number of fused-ring (bicyclic) bond motifs is 2.